The largest absolute Gasteiger partial charge is 0.481 e. The molecule has 32 heavy (non-hydrogen) atoms. The van der Waals surface area contributed by atoms with E-state index >= 15 is 0 Å². The van der Waals surface area contributed by atoms with Gasteiger partial charge in [0.25, 0.3) is 0 Å². The molecule has 1 aromatic rings. The van der Waals surface area contributed by atoms with E-state index in [-0.39, 0.29) is 18.5 Å². The number of carboxylic acids is 1. The summed E-state index contributed by atoms with van der Waals surface area (Å²) in [7, 11) is 1.18. The van der Waals surface area contributed by atoms with Gasteiger partial charge in [-0.1, -0.05) is 6.07 Å². The van der Waals surface area contributed by atoms with E-state index < -0.39 is 47.5 Å². The molecular weight excluding hydrogens is 418 g/mol. The van der Waals surface area contributed by atoms with Crippen molar-refractivity contribution in [2.45, 2.75) is 72.1 Å². The van der Waals surface area contributed by atoms with Crippen LogP contribution in [0.4, 0.5) is 4.79 Å². The number of methoxy groups -OCH3 is 1. The molecule has 1 aromatic carbocycles. The molecule has 0 aliphatic rings. The summed E-state index contributed by atoms with van der Waals surface area (Å²) in [6.07, 6.45) is -1.07. The van der Waals surface area contributed by atoms with Crippen molar-refractivity contribution in [3.63, 3.8) is 0 Å². The molecule has 0 spiro atoms. The Labute approximate surface area is 188 Å². The van der Waals surface area contributed by atoms with Crippen LogP contribution >= 0.6 is 0 Å². The van der Waals surface area contributed by atoms with Gasteiger partial charge >= 0.3 is 24.0 Å². The fourth-order valence-corrected chi connectivity index (χ4v) is 2.82. The van der Waals surface area contributed by atoms with Gasteiger partial charge in [-0.25, -0.2) is 9.59 Å². The minimum Gasteiger partial charge on any atom is -0.481 e. The predicted octanol–water partition coefficient (Wildman–Crippen LogP) is 3.47. The lowest BCUT2D eigenvalue weighted by molar-refractivity contribution is -0.150. The van der Waals surface area contributed by atoms with E-state index in [0.717, 1.165) is 0 Å². The third-order valence-electron chi connectivity index (χ3n) is 4.08. The number of rotatable bonds is 8. The Morgan fingerprint density at radius 1 is 0.969 bits per heavy atom. The molecule has 1 amide bonds. The Morgan fingerprint density at radius 2 is 1.56 bits per heavy atom. The number of benzene rings is 1. The van der Waals surface area contributed by atoms with Crippen LogP contribution in [0, 0.1) is 5.92 Å². The number of carboxylic acid groups (broad SMARTS) is 1. The second kappa shape index (κ2) is 11.0. The smallest absolute Gasteiger partial charge is 0.407 e. The molecular formula is C23H33NO8. The Bertz CT molecular complexity index is 849. The Kier molecular flexibility index (Phi) is 9.23. The molecule has 0 heterocycles. The van der Waals surface area contributed by atoms with Crippen LogP contribution in [0.3, 0.4) is 0 Å². The first-order valence-electron chi connectivity index (χ1n) is 10.2. The maximum absolute atomic E-state index is 12.5. The summed E-state index contributed by atoms with van der Waals surface area (Å²) in [5.74, 6) is -3.36. The maximum Gasteiger partial charge on any atom is 0.407 e. The molecule has 178 valence electrons. The first-order valence-corrected chi connectivity index (χ1v) is 10.2. The van der Waals surface area contributed by atoms with Crippen molar-refractivity contribution >= 4 is 24.0 Å². The zero-order chi connectivity index (χ0) is 24.7. The molecule has 0 aliphatic carbocycles. The minimum atomic E-state index is -1.16. The number of nitrogens with one attached hydrogen (secondary N) is 1. The lowest BCUT2D eigenvalue weighted by Gasteiger charge is -2.22. The van der Waals surface area contributed by atoms with E-state index in [0.29, 0.717) is 11.1 Å². The molecule has 1 atom stereocenters. The van der Waals surface area contributed by atoms with Crippen molar-refractivity contribution in [3.05, 3.63) is 34.9 Å². The molecule has 9 nitrogen and oxygen atoms in total. The van der Waals surface area contributed by atoms with Gasteiger partial charge in [-0.05, 0) is 71.2 Å². The van der Waals surface area contributed by atoms with Gasteiger partial charge in [-0.3, -0.25) is 9.59 Å². The molecule has 0 fully saturated rings. The number of carbonyl (C=O) groups excluding carboxylic acids is 3. The fraction of sp³-hybridized carbons (Fsp3) is 0.565. The standard InChI is InChI=1S/C23H33NO8/c1-22(2,3)31-20(28)14-8-9-15(13-24-21(29)32-23(4,5)6)16(10-14)11-17(12-18(25)26)19(27)30-7/h8-10,17H,11-13H2,1-7H3,(H,24,29)(H,25,26)/t17-/m1/s1. The number of aliphatic carboxylic acids is 1. The zero-order valence-corrected chi connectivity index (χ0v) is 19.7. The van der Waals surface area contributed by atoms with E-state index in [2.05, 4.69) is 5.32 Å². The SMILES string of the molecule is COC(=O)[C@@H](CC(=O)O)Cc1cc(C(=O)OC(C)(C)C)ccc1CNC(=O)OC(C)(C)C. The fourth-order valence-electron chi connectivity index (χ4n) is 2.82. The van der Waals surface area contributed by atoms with Gasteiger partial charge in [0.1, 0.15) is 11.2 Å². The van der Waals surface area contributed by atoms with Crippen molar-refractivity contribution in [1.29, 1.82) is 0 Å². The average molecular weight is 452 g/mol. The van der Waals surface area contributed by atoms with Crippen LogP contribution in [0.1, 0.15) is 69.4 Å². The number of carbonyl (C=O) groups is 4. The second-order valence-corrected chi connectivity index (χ2v) is 9.36. The van der Waals surface area contributed by atoms with E-state index in [4.69, 9.17) is 14.2 Å². The monoisotopic (exact) mass is 451 g/mol. The third-order valence-corrected chi connectivity index (χ3v) is 4.08. The van der Waals surface area contributed by atoms with Crippen LogP contribution in [0.2, 0.25) is 0 Å². The number of hydrogen-bond acceptors (Lipinski definition) is 7. The van der Waals surface area contributed by atoms with Gasteiger partial charge < -0.3 is 24.6 Å². The van der Waals surface area contributed by atoms with Gasteiger partial charge in [0.15, 0.2) is 0 Å². The van der Waals surface area contributed by atoms with Gasteiger partial charge in [0.2, 0.25) is 0 Å². The maximum atomic E-state index is 12.5. The highest BCUT2D eigenvalue weighted by atomic mass is 16.6. The second-order valence-electron chi connectivity index (χ2n) is 9.36. The van der Waals surface area contributed by atoms with Crippen molar-refractivity contribution in [2.75, 3.05) is 7.11 Å². The summed E-state index contributed by atoms with van der Waals surface area (Å²) in [5, 5.41) is 11.8. The lowest BCUT2D eigenvalue weighted by Crippen LogP contribution is -2.32. The van der Waals surface area contributed by atoms with Crippen LogP contribution < -0.4 is 5.32 Å². The summed E-state index contributed by atoms with van der Waals surface area (Å²) < 4.78 is 15.4. The number of ether oxygens (including phenoxy) is 3. The summed E-state index contributed by atoms with van der Waals surface area (Å²) in [4.78, 5) is 47.9. The Balaban J connectivity index is 3.23. The van der Waals surface area contributed by atoms with Crippen molar-refractivity contribution in [2.24, 2.45) is 5.92 Å². The molecule has 9 heteroatoms. The average Bonchev–Trinajstić information content (AvgIpc) is 2.62. The number of amides is 1. The zero-order valence-electron chi connectivity index (χ0n) is 19.7. The van der Waals surface area contributed by atoms with Crippen LogP contribution in [-0.2, 0) is 36.8 Å². The predicted molar refractivity (Wildman–Crippen MR) is 116 cm³/mol. The normalized spacial score (nSPS) is 12.5. The Hall–Kier alpha value is -3.10. The first-order chi connectivity index (χ1) is 14.6. The molecule has 0 aliphatic heterocycles. The molecule has 0 aromatic heterocycles. The van der Waals surface area contributed by atoms with Crippen LogP contribution in [0.25, 0.3) is 0 Å². The number of esters is 2. The van der Waals surface area contributed by atoms with E-state index in [9.17, 15) is 24.3 Å². The quantitative estimate of drug-likeness (QED) is 0.454. The van der Waals surface area contributed by atoms with E-state index in [1.807, 2.05) is 0 Å². The highest BCUT2D eigenvalue weighted by molar-refractivity contribution is 5.90. The van der Waals surface area contributed by atoms with Crippen molar-refractivity contribution in [3.8, 4) is 0 Å². The molecule has 0 saturated heterocycles. The highest BCUT2D eigenvalue weighted by Gasteiger charge is 2.26. The van der Waals surface area contributed by atoms with Crippen molar-refractivity contribution < 1.29 is 38.5 Å². The van der Waals surface area contributed by atoms with E-state index in [1.165, 1.54) is 13.2 Å². The van der Waals surface area contributed by atoms with Gasteiger partial charge in [0, 0.05) is 6.54 Å². The van der Waals surface area contributed by atoms with Gasteiger partial charge in [-0.15, -0.1) is 0 Å². The first kappa shape index (κ1) is 26.9. The van der Waals surface area contributed by atoms with Crippen LogP contribution in [-0.4, -0.2) is 47.4 Å². The summed E-state index contributed by atoms with van der Waals surface area (Å²) >= 11 is 0. The van der Waals surface area contributed by atoms with Crippen LogP contribution in [0.15, 0.2) is 18.2 Å². The molecule has 0 saturated carbocycles. The molecule has 0 unspecified atom stereocenters. The summed E-state index contributed by atoms with van der Waals surface area (Å²) in [6, 6.07) is 4.72. The minimum absolute atomic E-state index is 0.000935. The summed E-state index contributed by atoms with van der Waals surface area (Å²) in [6.45, 7) is 10.5. The van der Waals surface area contributed by atoms with Crippen LogP contribution in [0.5, 0.6) is 0 Å². The molecule has 0 radical (unpaired) electrons. The molecule has 1 rings (SSSR count). The van der Waals surface area contributed by atoms with Gasteiger partial charge in [-0.2, -0.15) is 0 Å². The van der Waals surface area contributed by atoms with Crippen molar-refractivity contribution in [1.82, 2.24) is 5.32 Å². The molecule has 2 N–H and O–H groups in total. The lowest BCUT2D eigenvalue weighted by atomic mass is 9.91. The topological polar surface area (TPSA) is 128 Å². The number of alkyl carbamates (subject to hydrolysis) is 1. The summed E-state index contributed by atoms with van der Waals surface area (Å²) in [5.41, 5.74) is -0.0183. The van der Waals surface area contributed by atoms with Gasteiger partial charge in [0.05, 0.1) is 25.0 Å². The highest BCUT2D eigenvalue weighted by Crippen LogP contribution is 2.22. The number of hydrogen-bond donors (Lipinski definition) is 2. The van der Waals surface area contributed by atoms with E-state index in [1.54, 1.807) is 53.7 Å². The Morgan fingerprint density at radius 3 is 2.06 bits per heavy atom. The molecule has 0 bridgehead atoms. The third kappa shape index (κ3) is 9.80.